The molecule has 0 amide bonds. The summed E-state index contributed by atoms with van der Waals surface area (Å²) in [6.45, 7) is 7.90. The molecule has 3 rings (SSSR count). The van der Waals surface area contributed by atoms with Crippen LogP contribution in [0.5, 0.6) is 0 Å². The maximum Gasteiger partial charge on any atom is 0.416 e. The Bertz CT molecular complexity index is 694. The summed E-state index contributed by atoms with van der Waals surface area (Å²) in [4.78, 5) is 17.6. The normalized spacial score (nSPS) is 20.2. The summed E-state index contributed by atoms with van der Waals surface area (Å²) in [7, 11) is 0. The number of ketones is 1. The van der Waals surface area contributed by atoms with E-state index in [0.29, 0.717) is 31.6 Å². The van der Waals surface area contributed by atoms with Crippen molar-refractivity contribution in [1.29, 1.82) is 0 Å². The van der Waals surface area contributed by atoms with Gasteiger partial charge in [0.2, 0.25) is 0 Å². The first kappa shape index (κ1) is 22.0. The number of hydrogen-bond donors (Lipinski definition) is 0. The van der Waals surface area contributed by atoms with E-state index < -0.39 is 17.6 Å². The van der Waals surface area contributed by atoms with E-state index >= 15 is 0 Å². The second-order valence-corrected chi connectivity index (χ2v) is 8.20. The number of piperidine rings is 1. The first-order chi connectivity index (χ1) is 13.7. The summed E-state index contributed by atoms with van der Waals surface area (Å²) >= 11 is 0. The second-order valence-electron chi connectivity index (χ2n) is 8.20. The summed E-state index contributed by atoms with van der Waals surface area (Å²) in [6, 6.07) is 2.77. The zero-order valence-electron chi connectivity index (χ0n) is 16.8. The van der Waals surface area contributed by atoms with Crippen LogP contribution >= 0.6 is 0 Å². The van der Waals surface area contributed by atoms with Crippen LogP contribution in [0.15, 0.2) is 18.2 Å². The minimum absolute atomic E-state index is 0.214. The van der Waals surface area contributed by atoms with Crippen molar-refractivity contribution >= 4 is 11.5 Å². The topological polar surface area (TPSA) is 26.8 Å². The highest BCUT2D eigenvalue weighted by molar-refractivity contribution is 5.77. The van der Waals surface area contributed by atoms with Crippen LogP contribution in [0.2, 0.25) is 0 Å². The molecule has 0 spiro atoms. The molecule has 0 radical (unpaired) electrons. The Morgan fingerprint density at radius 1 is 1.03 bits per heavy atom. The number of halogens is 4. The Labute approximate surface area is 169 Å². The third-order valence-electron chi connectivity index (χ3n) is 5.99. The molecule has 8 heteroatoms. The summed E-state index contributed by atoms with van der Waals surface area (Å²) < 4.78 is 52.3. The minimum Gasteiger partial charge on any atom is -0.367 e. The van der Waals surface area contributed by atoms with E-state index in [4.69, 9.17) is 0 Å². The number of piperazine rings is 1. The van der Waals surface area contributed by atoms with E-state index in [9.17, 15) is 22.4 Å². The van der Waals surface area contributed by atoms with Gasteiger partial charge in [-0.05, 0) is 69.9 Å². The Balaban J connectivity index is 1.42. The lowest BCUT2D eigenvalue weighted by molar-refractivity contribution is -0.137. The maximum atomic E-state index is 14.2. The van der Waals surface area contributed by atoms with Gasteiger partial charge in [0.05, 0.1) is 17.8 Å². The monoisotopic (exact) mass is 415 g/mol. The van der Waals surface area contributed by atoms with Crippen LogP contribution < -0.4 is 4.90 Å². The van der Waals surface area contributed by atoms with Gasteiger partial charge in [-0.25, -0.2) is 4.39 Å². The molecular weight excluding hydrogens is 386 g/mol. The van der Waals surface area contributed by atoms with Gasteiger partial charge < -0.3 is 4.90 Å². The first-order valence-electron chi connectivity index (χ1n) is 10.3. The molecule has 0 aliphatic carbocycles. The van der Waals surface area contributed by atoms with Crippen LogP contribution in [0.4, 0.5) is 23.2 Å². The summed E-state index contributed by atoms with van der Waals surface area (Å²) in [5.41, 5.74) is -0.706. The lowest BCUT2D eigenvalue weighted by Gasteiger charge is -2.37. The van der Waals surface area contributed by atoms with Crippen molar-refractivity contribution in [2.75, 3.05) is 57.3 Å². The zero-order valence-corrected chi connectivity index (χ0v) is 16.8. The second kappa shape index (κ2) is 9.43. The molecule has 1 aromatic rings. The third-order valence-corrected chi connectivity index (χ3v) is 5.99. The molecule has 2 aliphatic heterocycles. The number of carbonyl (C=O) groups excluding carboxylic acids is 1. The third kappa shape index (κ3) is 6.15. The molecule has 162 valence electrons. The van der Waals surface area contributed by atoms with E-state index in [2.05, 4.69) is 9.80 Å². The highest BCUT2D eigenvalue weighted by Gasteiger charge is 2.32. The number of anilines is 1. The Kier molecular flexibility index (Phi) is 7.16. The van der Waals surface area contributed by atoms with Gasteiger partial charge in [-0.2, -0.15) is 13.2 Å². The Morgan fingerprint density at radius 3 is 2.24 bits per heavy atom. The average Bonchev–Trinajstić information content (AvgIpc) is 2.67. The van der Waals surface area contributed by atoms with Crippen molar-refractivity contribution in [2.24, 2.45) is 5.92 Å². The first-order valence-corrected chi connectivity index (χ1v) is 10.3. The van der Waals surface area contributed by atoms with Crippen molar-refractivity contribution < 1.29 is 22.4 Å². The Morgan fingerprint density at radius 2 is 1.69 bits per heavy atom. The molecule has 29 heavy (non-hydrogen) atoms. The number of carbonyl (C=O) groups is 1. The quantitative estimate of drug-likeness (QED) is 0.663. The van der Waals surface area contributed by atoms with Gasteiger partial charge in [-0.3, -0.25) is 14.6 Å². The van der Waals surface area contributed by atoms with Crippen molar-refractivity contribution in [1.82, 2.24) is 9.80 Å². The predicted molar refractivity (Wildman–Crippen MR) is 105 cm³/mol. The number of benzene rings is 1. The van der Waals surface area contributed by atoms with Crippen molar-refractivity contribution in [3.05, 3.63) is 29.6 Å². The largest absolute Gasteiger partial charge is 0.416 e. The van der Waals surface area contributed by atoms with Crippen LogP contribution in [0.25, 0.3) is 0 Å². The van der Waals surface area contributed by atoms with Crippen LogP contribution in [0.3, 0.4) is 0 Å². The standard InChI is InChI=1S/C21H29F4N3O/c1-16(29)15-27-8-5-17(6-9-27)4-7-26-10-12-28(13-11-26)20-3-2-18(14-19(20)22)21(23,24)25/h2-3,14,17H,4-13,15H2,1H3. The summed E-state index contributed by atoms with van der Waals surface area (Å²) in [5.74, 6) is 0.0694. The van der Waals surface area contributed by atoms with Crippen molar-refractivity contribution in [3.63, 3.8) is 0 Å². The zero-order chi connectivity index (χ0) is 21.0. The minimum atomic E-state index is -4.53. The molecule has 0 atom stereocenters. The lowest BCUT2D eigenvalue weighted by Crippen LogP contribution is -2.47. The maximum absolute atomic E-state index is 14.2. The molecule has 1 aromatic carbocycles. The molecule has 2 fully saturated rings. The number of alkyl halides is 3. The molecule has 0 saturated carbocycles. The molecule has 0 aromatic heterocycles. The van der Waals surface area contributed by atoms with Crippen LogP contribution in [0.1, 0.15) is 31.7 Å². The number of Topliss-reactive ketones (excluding diaryl/α,β-unsaturated/α-hetero) is 1. The SMILES string of the molecule is CC(=O)CN1CCC(CCN2CCN(c3ccc(C(F)(F)F)cc3F)CC2)CC1. The van der Waals surface area contributed by atoms with Crippen LogP contribution in [-0.4, -0.2) is 67.9 Å². The fourth-order valence-corrected chi connectivity index (χ4v) is 4.27. The number of likely N-dealkylation sites (tertiary alicyclic amines) is 1. The molecule has 2 aliphatic rings. The van der Waals surface area contributed by atoms with Crippen LogP contribution in [-0.2, 0) is 11.0 Å². The highest BCUT2D eigenvalue weighted by atomic mass is 19.4. The van der Waals surface area contributed by atoms with Gasteiger partial charge >= 0.3 is 6.18 Å². The van der Waals surface area contributed by atoms with Crippen molar-refractivity contribution in [2.45, 2.75) is 32.4 Å². The van der Waals surface area contributed by atoms with E-state index in [1.165, 1.54) is 6.07 Å². The van der Waals surface area contributed by atoms with E-state index in [1.54, 1.807) is 6.92 Å². The molecule has 0 bridgehead atoms. The van der Waals surface area contributed by atoms with E-state index in [0.717, 1.165) is 58.1 Å². The van der Waals surface area contributed by atoms with Gasteiger partial charge in [-0.15, -0.1) is 0 Å². The van der Waals surface area contributed by atoms with Gasteiger partial charge in [0.25, 0.3) is 0 Å². The number of rotatable bonds is 6. The molecule has 2 heterocycles. The molecular formula is C21H29F4N3O. The lowest BCUT2D eigenvalue weighted by atomic mass is 9.93. The molecule has 2 saturated heterocycles. The van der Waals surface area contributed by atoms with Crippen molar-refractivity contribution in [3.8, 4) is 0 Å². The fourth-order valence-electron chi connectivity index (χ4n) is 4.27. The van der Waals surface area contributed by atoms with E-state index in [1.807, 2.05) is 4.90 Å². The predicted octanol–water partition coefficient (Wildman–Crippen LogP) is 3.66. The average molecular weight is 415 g/mol. The summed E-state index contributed by atoms with van der Waals surface area (Å²) in [5, 5.41) is 0. The van der Waals surface area contributed by atoms with E-state index in [-0.39, 0.29) is 11.5 Å². The molecule has 4 nitrogen and oxygen atoms in total. The van der Waals surface area contributed by atoms with Crippen LogP contribution in [0, 0.1) is 11.7 Å². The fraction of sp³-hybridized carbons (Fsp3) is 0.667. The Hall–Kier alpha value is -1.67. The number of hydrogen-bond acceptors (Lipinski definition) is 4. The smallest absolute Gasteiger partial charge is 0.367 e. The van der Waals surface area contributed by atoms with Gasteiger partial charge in [-0.1, -0.05) is 0 Å². The molecule has 0 unspecified atom stereocenters. The molecule has 0 N–H and O–H groups in total. The highest BCUT2D eigenvalue weighted by Crippen LogP contribution is 2.32. The summed E-state index contributed by atoms with van der Waals surface area (Å²) in [6.07, 6.45) is -1.18. The van der Waals surface area contributed by atoms with Gasteiger partial charge in [0, 0.05) is 26.2 Å². The van der Waals surface area contributed by atoms with Gasteiger partial charge in [0.15, 0.2) is 0 Å². The number of nitrogens with zero attached hydrogens (tertiary/aromatic N) is 3. The van der Waals surface area contributed by atoms with Gasteiger partial charge in [0.1, 0.15) is 11.6 Å².